The van der Waals surface area contributed by atoms with Crippen molar-refractivity contribution in [1.29, 1.82) is 0 Å². The summed E-state index contributed by atoms with van der Waals surface area (Å²) in [7, 11) is 1.52. The standard InChI is InChI=1S/C25H19BrN2O5S/c1-32-21-12-16(11-19(26)23(21)33-15-18-9-5-6-10-27-18)13-22-24(30)28(25(31)34-22)14-20(29)17-7-3-2-4-8-17/h2-13H,14-15H2,1H3/b22-13+. The molecular formula is C25H19BrN2O5S. The lowest BCUT2D eigenvalue weighted by atomic mass is 10.1. The molecule has 1 aliphatic rings. The Kier molecular flexibility index (Phi) is 7.44. The first-order chi connectivity index (χ1) is 16.5. The minimum Gasteiger partial charge on any atom is -0.493 e. The number of nitrogens with zero attached hydrogens (tertiary/aromatic N) is 2. The van der Waals surface area contributed by atoms with Gasteiger partial charge in [0.05, 0.1) is 28.7 Å². The third-order valence-electron chi connectivity index (χ3n) is 4.91. The molecular weight excluding hydrogens is 520 g/mol. The maximum atomic E-state index is 12.8. The van der Waals surface area contributed by atoms with Gasteiger partial charge in [-0.05, 0) is 63.6 Å². The molecule has 0 radical (unpaired) electrons. The zero-order chi connectivity index (χ0) is 24.1. The minimum absolute atomic E-state index is 0.224. The predicted molar refractivity (Wildman–Crippen MR) is 133 cm³/mol. The molecule has 172 valence electrons. The van der Waals surface area contributed by atoms with E-state index in [0.29, 0.717) is 27.1 Å². The van der Waals surface area contributed by atoms with Crippen molar-refractivity contribution in [3.63, 3.8) is 0 Å². The Morgan fingerprint density at radius 1 is 1.12 bits per heavy atom. The maximum absolute atomic E-state index is 12.8. The van der Waals surface area contributed by atoms with Crippen LogP contribution >= 0.6 is 27.7 Å². The molecule has 2 amide bonds. The van der Waals surface area contributed by atoms with Gasteiger partial charge in [0.15, 0.2) is 17.3 Å². The van der Waals surface area contributed by atoms with Gasteiger partial charge in [0, 0.05) is 11.8 Å². The average Bonchev–Trinajstić information content (AvgIpc) is 3.11. The van der Waals surface area contributed by atoms with Crippen LogP contribution in [0, 0.1) is 0 Å². The van der Waals surface area contributed by atoms with E-state index < -0.39 is 11.1 Å². The topological polar surface area (TPSA) is 85.8 Å². The van der Waals surface area contributed by atoms with Crippen LogP contribution in [0.1, 0.15) is 21.6 Å². The number of amides is 2. The molecule has 0 N–H and O–H groups in total. The first-order valence-corrected chi connectivity index (χ1v) is 11.8. The van der Waals surface area contributed by atoms with E-state index in [1.807, 2.05) is 18.2 Å². The summed E-state index contributed by atoms with van der Waals surface area (Å²) in [6, 6.07) is 17.6. The SMILES string of the molecule is COc1cc(/C=C2/SC(=O)N(CC(=O)c3ccccc3)C2=O)cc(Br)c1OCc1ccccn1. The van der Waals surface area contributed by atoms with Gasteiger partial charge in [-0.3, -0.25) is 24.3 Å². The molecule has 0 spiro atoms. The van der Waals surface area contributed by atoms with Crippen LogP contribution in [0.25, 0.3) is 6.08 Å². The van der Waals surface area contributed by atoms with E-state index >= 15 is 0 Å². The quantitative estimate of drug-likeness (QED) is 0.282. The van der Waals surface area contributed by atoms with Crippen LogP contribution in [0.4, 0.5) is 4.79 Å². The monoisotopic (exact) mass is 538 g/mol. The summed E-state index contributed by atoms with van der Waals surface area (Å²) in [5.41, 5.74) is 1.84. The molecule has 0 aliphatic carbocycles. The summed E-state index contributed by atoms with van der Waals surface area (Å²) in [5, 5.41) is -0.484. The molecule has 0 bridgehead atoms. The van der Waals surface area contributed by atoms with Crippen molar-refractivity contribution in [2.45, 2.75) is 6.61 Å². The number of thioether (sulfide) groups is 1. The highest BCUT2D eigenvalue weighted by molar-refractivity contribution is 9.10. The number of carbonyl (C=O) groups is 3. The van der Waals surface area contributed by atoms with Crippen molar-refractivity contribution in [3.05, 3.63) is 93.1 Å². The van der Waals surface area contributed by atoms with Crippen LogP contribution in [0.2, 0.25) is 0 Å². The van der Waals surface area contributed by atoms with Crippen molar-refractivity contribution in [2.75, 3.05) is 13.7 Å². The van der Waals surface area contributed by atoms with Gasteiger partial charge in [0.1, 0.15) is 6.61 Å². The fraction of sp³-hybridized carbons (Fsp3) is 0.120. The fourth-order valence-electron chi connectivity index (χ4n) is 3.24. The molecule has 0 unspecified atom stereocenters. The van der Waals surface area contributed by atoms with Crippen molar-refractivity contribution in [2.24, 2.45) is 0 Å². The second kappa shape index (κ2) is 10.7. The molecule has 0 saturated carbocycles. The van der Waals surface area contributed by atoms with Crippen molar-refractivity contribution in [1.82, 2.24) is 9.88 Å². The molecule has 2 aromatic carbocycles. The predicted octanol–water partition coefficient (Wildman–Crippen LogP) is 5.35. The summed E-state index contributed by atoms with van der Waals surface area (Å²) >= 11 is 4.29. The zero-order valence-corrected chi connectivity index (χ0v) is 20.5. The molecule has 1 aliphatic heterocycles. The Balaban J connectivity index is 1.51. The number of benzene rings is 2. The number of halogens is 1. The molecule has 34 heavy (non-hydrogen) atoms. The molecule has 1 aromatic heterocycles. The van der Waals surface area contributed by atoms with Crippen molar-refractivity contribution in [3.8, 4) is 11.5 Å². The lowest BCUT2D eigenvalue weighted by molar-refractivity contribution is -0.122. The Labute approximate surface area is 208 Å². The number of Topliss-reactive ketones (excluding diaryl/α,β-unsaturated/α-hetero) is 1. The van der Waals surface area contributed by atoms with Crippen molar-refractivity contribution >= 4 is 50.7 Å². The third-order valence-corrected chi connectivity index (χ3v) is 6.41. The second-order valence-corrected chi connectivity index (χ2v) is 9.05. The van der Waals surface area contributed by atoms with Crippen LogP contribution in [0.5, 0.6) is 11.5 Å². The Bertz CT molecular complexity index is 1270. The number of rotatable bonds is 8. The van der Waals surface area contributed by atoms with E-state index in [0.717, 1.165) is 22.4 Å². The van der Waals surface area contributed by atoms with E-state index in [1.54, 1.807) is 54.7 Å². The van der Waals surface area contributed by atoms with E-state index in [9.17, 15) is 14.4 Å². The number of imide groups is 1. The van der Waals surface area contributed by atoms with Gasteiger partial charge in [-0.15, -0.1) is 0 Å². The van der Waals surface area contributed by atoms with Gasteiger partial charge in [-0.25, -0.2) is 0 Å². The molecule has 4 rings (SSSR count). The summed E-state index contributed by atoms with van der Waals surface area (Å²) in [5.74, 6) is 0.134. The highest BCUT2D eigenvalue weighted by atomic mass is 79.9. The average molecular weight is 539 g/mol. The summed E-state index contributed by atoms with van der Waals surface area (Å²) in [4.78, 5) is 43.2. The number of methoxy groups -OCH3 is 1. The van der Waals surface area contributed by atoms with E-state index in [-0.39, 0.29) is 23.8 Å². The largest absolute Gasteiger partial charge is 0.493 e. The first-order valence-electron chi connectivity index (χ1n) is 10.2. The summed E-state index contributed by atoms with van der Waals surface area (Å²) in [6.07, 6.45) is 3.28. The number of carbonyl (C=O) groups excluding carboxylic acids is 3. The highest BCUT2D eigenvalue weighted by Crippen LogP contribution is 2.39. The maximum Gasteiger partial charge on any atom is 0.293 e. The Morgan fingerprint density at radius 3 is 2.59 bits per heavy atom. The van der Waals surface area contributed by atoms with Gasteiger partial charge in [0.25, 0.3) is 11.1 Å². The fourth-order valence-corrected chi connectivity index (χ4v) is 4.65. The Hall–Kier alpha value is -3.43. The normalized spacial score (nSPS) is 14.5. The van der Waals surface area contributed by atoms with Gasteiger partial charge in [0.2, 0.25) is 0 Å². The van der Waals surface area contributed by atoms with E-state index in [4.69, 9.17) is 9.47 Å². The van der Waals surface area contributed by atoms with Crippen LogP contribution < -0.4 is 9.47 Å². The number of hydrogen-bond donors (Lipinski definition) is 0. The van der Waals surface area contributed by atoms with Crippen LogP contribution in [-0.2, 0) is 11.4 Å². The van der Waals surface area contributed by atoms with Gasteiger partial charge in [-0.2, -0.15) is 0 Å². The molecule has 1 saturated heterocycles. The zero-order valence-electron chi connectivity index (χ0n) is 18.1. The number of aromatic nitrogens is 1. The minimum atomic E-state index is -0.509. The van der Waals surface area contributed by atoms with E-state index in [2.05, 4.69) is 20.9 Å². The third kappa shape index (κ3) is 5.37. The summed E-state index contributed by atoms with van der Waals surface area (Å²) in [6.45, 7) is -0.0528. The lowest BCUT2D eigenvalue weighted by Gasteiger charge is -2.13. The van der Waals surface area contributed by atoms with E-state index in [1.165, 1.54) is 7.11 Å². The number of ether oxygens (including phenoxy) is 2. The Morgan fingerprint density at radius 2 is 1.88 bits per heavy atom. The molecule has 9 heteroatoms. The lowest BCUT2D eigenvalue weighted by Crippen LogP contribution is -2.33. The number of ketones is 1. The van der Waals surface area contributed by atoms with Crippen LogP contribution in [0.3, 0.4) is 0 Å². The van der Waals surface area contributed by atoms with Crippen molar-refractivity contribution < 1.29 is 23.9 Å². The molecule has 0 atom stereocenters. The van der Waals surface area contributed by atoms with Gasteiger partial charge >= 0.3 is 0 Å². The smallest absolute Gasteiger partial charge is 0.293 e. The molecule has 3 aromatic rings. The number of pyridine rings is 1. The van der Waals surface area contributed by atoms with Crippen LogP contribution in [-0.4, -0.2) is 40.5 Å². The highest BCUT2D eigenvalue weighted by Gasteiger charge is 2.36. The second-order valence-electron chi connectivity index (χ2n) is 7.20. The summed E-state index contributed by atoms with van der Waals surface area (Å²) < 4.78 is 12.0. The van der Waals surface area contributed by atoms with Gasteiger partial charge < -0.3 is 9.47 Å². The molecule has 7 nitrogen and oxygen atoms in total. The molecule has 2 heterocycles. The first kappa shape index (κ1) is 23.7. The number of hydrogen-bond acceptors (Lipinski definition) is 7. The molecule has 1 fully saturated rings. The van der Waals surface area contributed by atoms with Crippen LogP contribution in [0.15, 0.2) is 76.2 Å². The van der Waals surface area contributed by atoms with Gasteiger partial charge in [-0.1, -0.05) is 36.4 Å².